The minimum Gasteiger partial charge on any atom is -0.481 e. The SMILES string of the molecule is O=C(Nc1c(F)ccc2c1C[C@@H](O)C2)N[C@@H]1CC(CF)(CF)Oc2cc(Cl)ccc21. The summed E-state index contributed by atoms with van der Waals surface area (Å²) < 4.78 is 47.1. The Morgan fingerprint density at radius 2 is 2.00 bits per heavy atom. The third kappa shape index (κ3) is 3.81. The highest BCUT2D eigenvalue weighted by molar-refractivity contribution is 6.30. The zero-order chi connectivity index (χ0) is 21.5. The van der Waals surface area contributed by atoms with Gasteiger partial charge >= 0.3 is 6.03 Å². The summed E-state index contributed by atoms with van der Waals surface area (Å²) in [6.07, 6.45) is -0.160. The summed E-state index contributed by atoms with van der Waals surface area (Å²) in [6, 6.07) is 5.94. The van der Waals surface area contributed by atoms with Crippen molar-refractivity contribution in [2.45, 2.75) is 37.0 Å². The first-order valence-corrected chi connectivity index (χ1v) is 9.88. The van der Waals surface area contributed by atoms with E-state index < -0.39 is 42.9 Å². The van der Waals surface area contributed by atoms with Crippen LogP contribution in [0.3, 0.4) is 0 Å². The molecule has 30 heavy (non-hydrogen) atoms. The van der Waals surface area contributed by atoms with Gasteiger partial charge in [0.25, 0.3) is 0 Å². The van der Waals surface area contributed by atoms with Crippen molar-refractivity contribution in [1.82, 2.24) is 5.32 Å². The normalized spacial score (nSPS) is 21.4. The number of nitrogens with one attached hydrogen (secondary N) is 2. The highest BCUT2D eigenvalue weighted by Crippen LogP contribution is 2.41. The van der Waals surface area contributed by atoms with Crippen LogP contribution in [0.1, 0.15) is 29.2 Å². The molecule has 2 aliphatic rings. The van der Waals surface area contributed by atoms with Crippen molar-refractivity contribution in [1.29, 1.82) is 0 Å². The maximum atomic E-state index is 14.4. The van der Waals surface area contributed by atoms with E-state index in [0.717, 1.165) is 5.56 Å². The van der Waals surface area contributed by atoms with E-state index in [1.807, 2.05) is 0 Å². The lowest BCUT2D eigenvalue weighted by Crippen LogP contribution is -2.49. The number of carbonyl (C=O) groups is 1. The van der Waals surface area contributed by atoms with E-state index in [4.69, 9.17) is 16.3 Å². The largest absolute Gasteiger partial charge is 0.481 e. The Morgan fingerprint density at radius 3 is 2.73 bits per heavy atom. The summed E-state index contributed by atoms with van der Waals surface area (Å²) in [5.41, 5.74) is 0.0742. The number of rotatable bonds is 4. The van der Waals surface area contributed by atoms with Crippen LogP contribution in [-0.2, 0) is 12.8 Å². The van der Waals surface area contributed by atoms with Crippen molar-refractivity contribution < 1.29 is 27.8 Å². The molecule has 0 fully saturated rings. The Bertz CT molecular complexity index is 984. The van der Waals surface area contributed by atoms with Gasteiger partial charge in [-0.15, -0.1) is 0 Å². The number of aliphatic hydroxyl groups excluding tert-OH is 1. The molecule has 0 saturated carbocycles. The summed E-state index contributed by atoms with van der Waals surface area (Å²) >= 11 is 5.97. The lowest BCUT2D eigenvalue weighted by Gasteiger charge is -2.39. The molecule has 0 bridgehead atoms. The molecule has 2 aromatic rings. The first-order chi connectivity index (χ1) is 14.3. The van der Waals surface area contributed by atoms with Gasteiger partial charge < -0.3 is 20.5 Å². The maximum Gasteiger partial charge on any atom is 0.319 e. The minimum atomic E-state index is -1.74. The Labute approximate surface area is 176 Å². The van der Waals surface area contributed by atoms with E-state index in [1.54, 1.807) is 18.2 Å². The molecule has 9 heteroatoms. The number of hydrogen-bond donors (Lipinski definition) is 3. The molecule has 0 spiro atoms. The van der Waals surface area contributed by atoms with Crippen LogP contribution >= 0.6 is 11.6 Å². The fourth-order valence-corrected chi connectivity index (χ4v) is 4.22. The van der Waals surface area contributed by atoms with E-state index in [2.05, 4.69) is 10.6 Å². The van der Waals surface area contributed by atoms with Crippen molar-refractivity contribution in [2.75, 3.05) is 18.7 Å². The average molecular weight is 441 g/mol. The fraction of sp³-hybridized carbons (Fsp3) is 0.381. The third-order valence-electron chi connectivity index (χ3n) is 5.54. The molecule has 0 unspecified atom stereocenters. The number of benzene rings is 2. The quantitative estimate of drug-likeness (QED) is 0.665. The van der Waals surface area contributed by atoms with E-state index in [-0.39, 0.29) is 24.3 Å². The van der Waals surface area contributed by atoms with Crippen LogP contribution in [0.4, 0.5) is 23.7 Å². The van der Waals surface area contributed by atoms with Crippen LogP contribution < -0.4 is 15.4 Å². The van der Waals surface area contributed by atoms with E-state index in [1.165, 1.54) is 12.1 Å². The summed E-state index contributed by atoms with van der Waals surface area (Å²) in [6.45, 7) is -2.18. The number of aliphatic hydroxyl groups is 1. The molecule has 2 atom stereocenters. The van der Waals surface area contributed by atoms with Gasteiger partial charge in [0.05, 0.1) is 17.8 Å². The molecule has 1 heterocycles. The summed E-state index contributed by atoms with van der Waals surface area (Å²) in [4.78, 5) is 12.7. The van der Waals surface area contributed by atoms with Crippen molar-refractivity contribution in [2.24, 2.45) is 0 Å². The minimum absolute atomic E-state index is 0.00724. The van der Waals surface area contributed by atoms with Gasteiger partial charge in [-0.1, -0.05) is 23.7 Å². The first kappa shape index (κ1) is 20.8. The van der Waals surface area contributed by atoms with Crippen molar-refractivity contribution >= 4 is 23.3 Å². The predicted molar refractivity (Wildman–Crippen MR) is 106 cm³/mol. The van der Waals surface area contributed by atoms with Crippen LogP contribution in [0.5, 0.6) is 5.75 Å². The molecule has 2 aromatic carbocycles. The monoisotopic (exact) mass is 440 g/mol. The van der Waals surface area contributed by atoms with Gasteiger partial charge in [-0.3, -0.25) is 0 Å². The van der Waals surface area contributed by atoms with Gasteiger partial charge in [-0.05, 0) is 35.7 Å². The number of halogens is 4. The molecule has 1 aliphatic carbocycles. The van der Waals surface area contributed by atoms with Gasteiger partial charge in [-0.2, -0.15) is 0 Å². The lowest BCUT2D eigenvalue weighted by atomic mass is 9.88. The summed E-state index contributed by atoms with van der Waals surface area (Å²) in [7, 11) is 0. The molecule has 5 nitrogen and oxygen atoms in total. The van der Waals surface area contributed by atoms with Crippen LogP contribution in [0.2, 0.25) is 5.02 Å². The molecule has 1 aliphatic heterocycles. The lowest BCUT2D eigenvalue weighted by molar-refractivity contribution is -0.0104. The molecule has 2 amide bonds. The summed E-state index contributed by atoms with van der Waals surface area (Å²) in [5.74, 6) is -0.441. The van der Waals surface area contributed by atoms with Gasteiger partial charge in [0.15, 0.2) is 5.60 Å². The number of amides is 2. The molecular formula is C21H20ClF3N2O3. The van der Waals surface area contributed by atoms with Gasteiger partial charge in [-0.25, -0.2) is 18.0 Å². The van der Waals surface area contributed by atoms with E-state index in [0.29, 0.717) is 22.6 Å². The van der Waals surface area contributed by atoms with Crippen molar-refractivity contribution in [3.8, 4) is 5.75 Å². The zero-order valence-electron chi connectivity index (χ0n) is 15.9. The predicted octanol–water partition coefficient (Wildman–Crippen LogP) is 4.26. The Kier molecular flexibility index (Phi) is 5.55. The number of urea groups is 1. The number of hydrogen-bond acceptors (Lipinski definition) is 3. The van der Waals surface area contributed by atoms with Crippen LogP contribution in [-0.4, -0.2) is 36.2 Å². The molecule has 3 N–H and O–H groups in total. The fourth-order valence-electron chi connectivity index (χ4n) is 4.06. The smallest absolute Gasteiger partial charge is 0.319 e. The molecule has 0 saturated heterocycles. The molecule has 0 radical (unpaired) electrons. The number of anilines is 1. The second-order valence-corrected chi connectivity index (χ2v) is 8.15. The average Bonchev–Trinajstić information content (AvgIpc) is 3.10. The topological polar surface area (TPSA) is 70.6 Å². The second-order valence-electron chi connectivity index (χ2n) is 7.71. The van der Waals surface area contributed by atoms with Gasteiger partial charge in [0, 0.05) is 23.4 Å². The van der Waals surface area contributed by atoms with Crippen LogP contribution in [0.25, 0.3) is 0 Å². The van der Waals surface area contributed by atoms with E-state index in [9.17, 15) is 23.1 Å². The van der Waals surface area contributed by atoms with Crippen molar-refractivity contribution in [3.63, 3.8) is 0 Å². The second kappa shape index (κ2) is 8.00. The van der Waals surface area contributed by atoms with Gasteiger partial charge in [0.1, 0.15) is 24.9 Å². The number of alkyl halides is 2. The van der Waals surface area contributed by atoms with Crippen LogP contribution in [0.15, 0.2) is 30.3 Å². The number of carbonyl (C=O) groups excluding carboxylic acids is 1. The number of ether oxygens (including phenoxy) is 1. The van der Waals surface area contributed by atoms with Crippen LogP contribution in [0, 0.1) is 5.82 Å². The Morgan fingerprint density at radius 1 is 1.23 bits per heavy atom. The van der Waals surface area contributed by atoms with Crippen molar-refractivity contribution in [3.05, 3.63) is 57.9 Å². The Hall–Kier alpha value is -2.45. The molecule has 4 rings (SSSR count). The standard InChI is InChI=1S/C21H20ClF3N2O3/c22-12-2-3-14-17(8-21(9-23,10-24)30-18(14)6-12)26-20(29)27-19-15-7-13(28)5-11(15)1-4-16(19)25/h1-4,6,13,17,28H,5,7-10H2,(H2,26,27,29)/t13-,17+/m0/s1. The maximum absolute atomic E-state index is 14.4. The molecular weight excluding hydrogens is 421 g/mol. The highest BCUT2D eigenvalue weighted by atomic mass is 35.5. The first-order valence-electron chi connectivity index (χ1n) is 9.50. The molecule has 160 valence electrons. The van der Waals surface area contributed by atoms with E-state index >= 15 is 0 Å². The zero-order valence-corrected chi connectivity index (χ0v) is 16.6. The number of fused-ring (bicyclic) bond motifs is 2. The Balaban J connectivity index is 1.59. The molecule has 0 aromatic heterocycles. The third-order valence-corrected chi connectivity index (χ3v) is 5.77. The highest BCUT2D eigenvalue weighted by Gasteiger charge is 2.42. The summed E-state index contributed by atoms with van der Waals surface area (Å²) in [5, 5.41) is 15.3. The van der Waals surface area contributed by atoms with Gasteiger partial charge in [0.2, 0.25) is 0 Å².